The normalized spacial score (nSPS) is 25.4. The van der Waals surface area contributed by atoms with Crippen LogP contribution < -0.4 is 11.1 Å². The molecule has 0 bridgehead atoms. The highest BCUT2D eigenvalue weighted by Gasteiger charge is 2.39. The lowest BCUT2D eigenvalue weighted by Gasteiger charge is -2.27. The van der Waals surface area contributed by atoms with E-state index < -0.39 is 11.4 Å². The lowest BCUT2D eigenvalue weighted by molar-refractivity contribution is -0.0176. The number of pyridine rings is 1. The van der Waals surface area contributed by atoms with E-state index in [1.807, 2.05) is 6.92 Å². The largest absolute Gasteiger partial charge is 0.398 e. The second kappa shape index (κ2) is 5.13. The average Bonchev–Trinajstić information content (AvgIpc) is 2.79. The molecule has 0 spiro atoms. The number of hydrogen-bond acceptors (Lipinski definition) is 5. The number of hydrogen-bond donors (Lipinski definition) is 3. The second-order valence-electron chi connectivity index (χ2n) is 5.44. The molecule has 2 atom stereocenters. The van der Waals surface area contributed by atoms with Crippen LogP contribution in [0.25, 0.3) is 10.9 Å². The molecule has 2 aromatic rings. The summed E-state index contributed by atoms with van der Waals surface area (Å²) in [6, 6.07) is 4.81. The van der Waals surface area contributed by atoms with Crippen molar-refractivity contribution in [1.82, 2.24) is 4.98 Å². The highest BCUT2D eigenvalue weighted by atomic mass is 19.1. The molecule has 0 radical (unpaired) electrons. The van der Waals surface area contributed by atoms with Gasteiger partial charge in [0.1, 0.15) is 5.60 Å². The number of nitrogens with zero attached hydrogens (tertiary/aromatic N) is 1. The molecular weight excluding hydrogens is 273 g/mol. The van der Waals surface area contributed by atoms with Gasteiger partial charge in [0.05, 0.1) is 17.3 Å². The standard InChI is InChI=1S/C15H18FN3O2/c1-9-15(20,4-6-21-9)8-19-14-11(16)7-12(17)10-3-2-5-18-13(10)14/h2-3,5,7,9,19-20H,4,6,8,17H2,1H3. The van der Waals surface area contributed by atoms with Crippen LogP contribution in [0.4, 0.5) is 15.8 Å². The van der Waals surface area contributed by atoms with Crippen LogP contribution in [0.2, 0.25) is 0 Å². The molecule has 5 nitrogen and oxygen atoms in total. The van der Waals surface area contributed by atoms with Crippen molar-refractivity contribution >= 4 is 22.3 Å². The molecule has 6 heteroatoms. The molecule has 2 unspecified atom stereocenters. The topological polar surface area (TPSA) is 80.4 Å². The van der Waals surface area contributed by atoms with E-state index in [2.05, 4.69) is 10.3 Å². The van der Waals surface area contributed by atoms with Crippen LogP contribution in [0.3, 0.4) is 0 Å². The Balaban J connectivity index is 1.94. The maximum absolute atomic E-state index is 14.2. The first-order valence-electron chi connectivity index (χ1n) is 6.92. The van der Waals surface area contributed by atoms with Gasteiger partial charge in [0.15, 0.2) is 5.82 Å². The van der Waals surface area contributed by atoms with Gasteiger partial charge in [0.25, 0.3) is 0 Å². The van der Waals surface area contributed by atoms with E-state index in [0.29, 0.717) is 29.6 Å². The first kappa shape index (κ1) is 14.0. The summed E-state index contributed by atoms with van der Waals surface area (Å²) in [5.74, 6) is -0.478. The van der Waals surface area contributed by atoms with Gasteiger partial charge in [-0.05, 0) is 25.1 Å². The highest BCUT2D eigenvalue weighted by molar-refractivity contribution is 5.98. The molecule has 1 aromatic heterocycles. The van der Waals surface area contributed by atoms with Crippen molar-refractivity contribution in [3.8, 4) is 0 Å². The van der Waals surface area contributed by atoms with Crippen molar-refractivity contribution in [2.24, 2.45) is 0 Å². The Morgan fingerprint density at radius 3 is 3.14 bits per heavy atom. The van der Waals surface area contributed by atoms with Crippen molar-refractivity contribution in [2.45, 2.75) is 25.0 Å². The predicted molar refractivity (Wildman–Crippen MR) is 79.6 cm³/mol. The third kappa shape index (κ3) is 2.41. The summed E-state index contributed by atoms with van der Waals surface area (Å²) in [4.78, 5) is 4.19. The molecule has 4 N–H and O–H groups in total. The second-order valence-corrected chi connectivity index (χ2v) is 5.44. The SMILES string of the molecule is CC1OCCC1(O)CNc1c(F)cc(N)c2cccnc12. The molecule has 21 heavy (non-hydrogen) atoms. The summed E-state index contributed by atoms with van der Waals surface area (Å²) < 4.78 is 19.6. The monoisotopic (exact) mass is 291 g/mol. The van der Waals surface area contributed by atoms with Gasteiger partial charge in [0, 0.05) is 36.8 Å². The van der Waals surface area contributed by atoms with Gasteiger partial charge in [-0.15, -0.1) is 0 Å². The quantitative estimate of drug-likeness (QED) is 0.753. The van der Waals surface area contributed by atoms with E-state index in [-0.39, 0.29) is 18.3 Å². The van der Waals surface area contributed by atoms with E-state index in [1.165, 1.54) is 6.07 Å². The van der Waals surface area contributed by atoms with E-state index in [9.17, 15) is 9.50 Å². The van der Waals surface area contributed by atoms with Gasteiger partial charge in [-0.2, -0.15) is 0 Å². The molecule has 1 fully saturated rings. The van der Waals surface area contributed by atoms with Crippen LogP contribution in [-0.2, 0) is 4.74 Å². The fourth-order valence-corrected chi connectivity index (χ4v) is 2.65. The van der Waals surface area contributed by atoms with Gasteiger partial charge in [-0.3, -0.25) is 4.98 Å². The Morgan fingerprint density at radius 2 is 2.43 bits per heavy atom. The Labute approximate surface area is 121 Å². The molecule has 0 aliphatic carbocycles. The fourth-order valence-electron chi connectivity index (χ4n) is 2.65. The minimum absolute atomic E-state index is 0.195. The third-order valence-electron chi connectivity index (χ3n) is 4.11. The zero-order valence-electron chi connectivity index (χ0n) is 11.8. The molecule has 2 heterocycles. The number of rotatable bonds is 3. The minimum atomic E-state index is -1.01. The zero-order chi connectivity index (χ0) is 15.0. The average molecular weight is 291 g/mol. The Morgan fingerprint density at radius 1 is 1.62 bits per heavy atom. The summed E-state index contributed by atoms with van der Waals surface area (Å²) in [5.41, 5.74) is 5.87. The molecule has 1 aromatic carbocycles. The first-order valence-corrected chi connectivity index (χ1v) is 6.92. The zero-order valence-corrected chi connectivity index (χ0v) is 11.8. The number of anilines is 2. The molecular formula is C15H18FN3O2. The van der Waals surface area contributed by atoms with Gasteiger partial charge in [-0.1, -0.05) is 0 Å². The summed E-state index contributed by atoms with van der Waals surface area (Å²) in [5, 5.41) is 14.1. The first-order chi connectivity index (χ1) is 10.0. The number of fused-ring (bicyclic) bond motifs is 1. The minimum Gasteiger partial charge on any atom is -0.398 e. The molecule has 1 aliphatic heterocycles. The molecule has 0 amide bonds. The smallest absolute Gasteiger partial charge is 0.150 e. The van der Waals surface area contributed by atoms with Crippen LogP contribution in [0.1, 0.15) is 13.3 Å². The van der Waals surface area contributed by atoms with Crippen molar-refractivity contribution in [3.05, 3.63) is 30.2 Å². The summed E-state index contributed by atoms with van der Waals surface area (Å²) >= 11 is 0. The lowest BCUT2D eigenvalue weighted by Crippen LogP contribution is -2.43. The van der Waals surface area contributed by atoms with Crippen molar-refractivity contribution < 1.29 is 14.2 Å². The van der Waals surface area contributed by atoms with Gasteiger partial charge >= 0.3 is 0 Å². The van der Waals surface area contributed by atoms with Crippen LogP contribution in [0.15, 0.2) is 24.4 Å². The van der Waals surface area contributed by atoms with E-state index >= 15 is 0 Å². The van der Waals surface area contributed by atoms with Crippen LogP contribution >= 0.6 is 0 Å². The summed E-state index contributed by atoms with van der Waals surface area (Å²) in [6.45, 7) is 2.51. The fraction of sp³-hybridized carbons (Fsp3) is 0.400. The Hall–Kier alpha value is -1.92. The molecule has 0 saturated carbocycles. The number of nitrogens with two attached hydrogens (primary N) is 1. The Kier molecular flexibility index (Phi) is 3.43. The third-order valence-corrected chi connectivity index (χ3v) is 4.11. The summed E-state index contributed by atoms with van der Waals surface area (Å²) in [6.07, 6.45) is 1.81. The molecule has 1 aliphatic rings. The lowest BCUT2D eigenvalue weighted by atomic mass is 9.96. The molecule has 112 valence electrons. The van der Waals surface area contributed by atoms with Crippen molar-refractivity contribution in [3.63, 3.8) is 0 Å². The van der Waals surface area contributed by atoms with E-state index in [0.717, 1.165) is 0 Å². The molecule has 3 rings (SSSR count). The number of aromatic nitrogens is 1. The number of aliphatic hydroxyl groups is 1. The van der Waals surface area contributed by atoms with Crippen molar-refractivity contribution in [2.75, 3.05) is 24.2 Å². The van der Waals surface area contributed by atoms with Gasteiger partial charge in [0.2, 0.25) is 0 Å². The van der Waals surface area contributed by atoms with Crippen LogP contribution in [-0.4, -0.2) is 34.9 Å². The highest BCUT2D eigenvalue weighted by Crippen LogP contribution is 2.31. The summed E-state index contributed by atoms with van der Waals surface area (Å²) in [7, 11) is 0. The van der Waals surface area contributed by atoms with Gasteiger partial charge in [-0.25, -0.2) is 4.39 Å². The maximum atomic E-state index is 14.2. The maximum Gasteiger partial charge on any atom is 0.150 e. The van der Waals surface area contributed by atoms with Gasteiger partial charge < -0.3 is 20.9 Å². The van der Waals surface area contributed by atoms with Crippen LogP contribution in [0.5, 0.6) is 0 Å². The van der Waals surface area contributed by atoms with E-state index in [4.69, 9.17) is 10.5 Å². The number of benzene rings is 1. The number of halogens is 1. The van der Waals surface area contributed by atoms with E-state index in [1.54, 1.807) is 18.3 Å². The predicted octanol–water partition coefficient (Wildman–Crippen LogP) is 1.91. The van der Waals surface area contributed by atoms with Crippen molar-refractivity contribution in [1.29, 1.82) is 0 Å². The Bertz CT molecular complexity index is 679. The number of ether oxygens (including phenoxy) is 1. The number of nitrogen functional groups attached to an aromatic ring is 1. The number of nitrogens with one attached hydrogen (secondary N) is 1. The molecule has 1 saturated heterocycles. The van der Waals surface area contributed by atoms with Crippen LogP contribution in [0, 0.1) is 5.82 Å².